The summed E-state index contributed by atoms with van der Waals surface area (Å²) in [7, 11) is 1.85. The highest BCUT2D eigenvalue weighted by molar-refractivity contribution is 5.94. The first kappa shape index (κ1) is 17.5. The van der Waals surface area contributed by atoms with Gasteiger partial charge in [-0.2, -0.15) is 0 Å². The van der Waals surface area contributed by atoms with Crippen LogP contribution in [0.5, 0.6) is 0 Å². The molecule has 1 amide bonds. The number of carbonyl (C=O) groups is 1. The predicted octanol–water partition coefficient (Wildman–Crippen LogP) is 2.96. The van der Waals surface area contributed by atoms with Crippen molar-refractivity contribution >= 4 is 11.6 Å². The zero-order chi connectivity index (χ0) is 17.6. The third kappa shape index (κ3) is 4.60. The molecular formula is C21H26N2O2. The van der Waals surface area contributed by atoms with Gasteiger partial charge in [-0.15, -0.1) is 0 Å². The summed E-state index contributed by atoms with van der Waals surface area (Å²) in [5, 5.41) is 9.61. The highest BCUT2D eigenvalue weighted by Crippen LogP contribution is 2.21. The van der Waals surface area contributed by atoms with Crippen molar-refractivity contribution in [2.75, 3.05) is 31.6 Å². The van der Waals surface area contributed by atoms with Gasteiger partial charge in [0, 0.05) is 37.9 Å². The molecule has 1 heterocycles. The summed E-state index contributed by atoms with van der Waals surface area (Å²) in [6.07, 6.45) is 2.30. The second-order valence-corrected chi connectivity index (χ2v) is 6.73. The number of aliphatic hydroxyl groups excluding tert-OH is 1. The fraction of sp³-hybridized carbons (Fsp3) is 0.381. The summed E-state index contributed by atoms with van der Waals surface area (Å²) in [6, 6.07) is 18.1. The average Bonchev–Trinajstić information content (AvgIpc) is 2.67. The Kier molecular flexibility index (Phi) is 5.71. The number of anilines is 1. The predicted molar refractivity (Wildman–Crippen MR) is 101 cm³/mol. The zero-order valence-electron chi connectivity index (χ0n) is 14.8. The Morgan fingerprint density at radius 3 is 2.36 bits per heavy atom. The van der Waals surface area contributed by atoms with Gasteiger partial charge in [0.2, 0.25) is 0 Å². The monoisotopic (exact) mass is 338 g/mol. The highest BCUT2D eigenvalue weighted by atomic mass is 16.3. The van der Waals surface area contributed by atoms with Crippen LogP contribution >= 0.6 is 0 Å². The number of piperidine rings is 1. The second kappa shape index (κ2) is 8.17. The Bertz CT molecular complexity index is 677. The maximum Gasteiger partial charge on any atom is 0.253 e. The van der Waals surface area contributed by atoms with Gasteiger partial charge >= 0.3 is 0 Å². The maximum atomic E-state index is 12.6. The van der Waals surface area contributed by atoms with E-state index < -0.39 is 0 Å². The van der Waals surface area contributed by atoms with E-state index in [2.05, 4.69) is 17.0 Å². The Morgan fingerprint density at radius 2 is 1.72 bits per heavy atom. The van der Waals surface area contributed by atoms with Crippen LogP contribution in [0.4, 0.5) is 5.69 Å². The Hall–Kier alpha value is -2.33. The van der Waals surface area contributed by atoms with Gasteiger partial charge < -0.3 is 14.9 Å². The number of aliphatic hydroxyl groups is 1. The van der Waals surface area contributed by atoms with Gasteiger partial charge in [-0.1, -0.05) is 30.3 Å². The zero-order valence-corrected chi connectivity index (χ0v) is 14.8. The number of amides is 1. The van der Waals surface area contributed by atoms with Crippen LogP contribution in [0.15, 0.2) is 54.6 Å². The maximum absolute atomic E-state index is 12.6. The van der Waals surface area contributed by atoms with Crippen molar-refractivity contribution in [3.8, 4) is 0 Å². The van der Waals surface area contributed by atoms with E-state index in [1.54, 1.807) is 4.90 Å². The van der Waals surface area contributed by atoms with E-state index in [0.717, 1.165) is 43.6 Å². The number of nitrogens with zero attached hydrogens (tertiary/aromatic N) is 2. The molecule has 0 bridgehead atoms. The summed E-state index contributed by atoms with van der Waals surface area (Å²) in [5.41, 5.74) is 3.08. The molecule has 0 spiro atoms. The molecule has 1 N–H and O–H groups in total. The summed E-state index contributed by atoms with van der Waals surface area (Å²) in [5.74, 6) is 0.0524. The number of hydrogen-bond donors (Lipinski definition) is 1. The molecule has 0 radical (unpaired) electrons. The van der Waals surface area contributed by atoms with Gasteiger partial charge in [-0.05, 0) is 49.1 Å². The van der Waals surface area contributed by atoms with Crippen molar-refractivity contribution in [3.63, 3.8) is 0 Å². The van der Waals surface area contributed by atoms with E-state index in [-0.39, 0.29) is 12.0 Å². The molecule has 4 nitrogen and oxygen atoms in total. The van der Waals surface area contributed by atoms with Crippen molar-refractivity contribution in [2.24, 2.45) is 0 Å². The summed E-state index contributed by atoms with van der Waals surface area (Å²) in [4.78, 5) is 16.6. The minimum absolute atomic E-state index is 0.0524. The standard InChI is InChI=1S/C21H26N2O2/c1-22(14-11-17-5-3-2-4-6-17)21(25)18-7-9-19(10-8-18)23-15-12-20(24)13-16-23/h2-10,20,24H,11-16H2,1H3. The van der Waals surface area contributed by atoms with Gasteiger partial charge in [0.05, 0.1) is 6.10 Å². The summed E-state index contributed by atoms with van der Waals surface area (Å²) < 4.78 is 0. The first-order chi connectivity index (χ1) is 12.1. The Labute approximate surface area is 149 Å². The van der Waals surface area contributed by atoms with Gasteiger partial charge in [-0.25, -0.2) is 0 Å². The highest BCUT2D eigenvalue weighted by Gasteiger charge is 2.18. The largest absolute Gasteiger partial charge is 0.393 e. The van der Waals surface area contributed by atoms with E-state index in [1.807, 2.05) is 49.5 Å². The molecule has 0 saturated carbocycles. The molecule has 1 aliphatic rings. The second-order valence-electron chi connectivity index (χ2n) is 6.73. The number of benzene rings is 2. The van der Waals surface area contributed by atoms with Crippen molar-refractivity contribution in [1.82, 2.24) is 4.90 Å². The van der Waals surface area contributed by atoms with Gasteiger partial charge in [0.1, 0.15) is 0 Å². The Morgan fingerprint density at radius 1 is 1.08 bits per heavy atom. The molecule has 0 aliphatic carbocycles. The molecular weight excluding hydrogens is 312 g/mol. The lowest BCUT2D eigenvalue weighted by atomic mass is 10.1. The van der Waals surface area contributed by atoms with E-state index in [9.17, 15) is 9.90 Å². The van der Waals surface area contributed by atoms with Crippen molar-refractivity contribution in [3.05, 3.63) is 65.7 Å². The first-order valence-corrected chi connectivity index (χ1v) is 8.96. The molecule has 0 aromatic heterocycles. The topological polar surface area (TPSA) is 43.8 Å². The minimum atomic E-state index is -0.171. The molecule has 132 valence electrons. The molecule has 3 rings (SSSR count). The molecule has 25 heavy (non-hydrogen) atoms. The number of likely N-dealkylation sites (N-methyl/N-ethyl adjacent to an activating group) is 1. The average molecular weight is 338 g/mol. The van der Waals surface area contributed by atoms with Crippen LogP contribution in [-0.4, -0.2) is 48.7 Å². The lowest BCUT2D eigenvalue weighted by Crippen LogP contribution is -2.35. The third-order valence-corrected chi connectivity index (χ3v) is 4.87. The number of rotatable bonds is 5. The van der Waals surface area contributed by atoms with Crippen LogP contribution < -0.4 is 4.90 Å². The minimum Gasteiger partial charge on any atom is -0.393 e. The fourth-order valence-electron chi connectivity index (χ4n) is 3.20. The van der Waals surface area contributed by atoms with Gasteiger partial charge in [0.15, 0.2) is 0 Å². The van der Waals surface area contributed by atoms with Crippen molar-refractivity contribution in [2.45, 2.75) is 25.4 Å². The summed E-state index contributed by atoms with van der Waals surface area (Å²) >= 11 is 0. The van der Waals surface area contributed by atoms with Crippen LogP contribution in [0.25, 0.3) is 0 Å². The van der Waals surface area contributed by atoms with Crippen LogP contribution in [0.2, 0.25) is 0 Å². The molecule has 2 aromatic carbocycles. The molecule has 4 heteroatoms. The lowest BCUT2D eigenvalue weighted by molar-refractivity contribution is 0.0796. The fourth-order valence-corrected chi connectivity index (χ4v) is 3.20. The molecule has 0 atom stereocenters. The SMILES string of the molecule is CN(CCc1ccccc1)C(=O)c1ccc(N2CCC(O)CC2)cc1. The summed E-state index contributed by atoms with van der Waals surface area (Å²) in [6.45, 7) is 2.44. The van der Waals surface area contributed by atoms with Gasteiger partial charge in [0.25, 0.3) is 5.91 Å². The molecule has 0 unspecified atom stereocenters. The van der Waals surface area contributed by atoms with Gasteiger partial charge in [-0.3, -0.25) is 4.79 Å². The molecule has 1 aliphatic heterocycles. The first-order valence-electron chi connectivity index (χ1n) is 8.96. The van der Waals surface area contributed by atoms with Crippen LogP contribution in [0, 0.1) is 0 Å². The number of carbonyl (C=O) groups excluding carboxylic acids is 1. The van der Waals surface area contributed by atoms with Crippen molar-refractivity contribution < 1.29 is 9.90 Å². The molecule has 2 aromatic rings. The van der Waals surface area contributed by atoms with E-state index >= 15 is 0 Å². The molecule has 1 fully saturated rings. The van der Waals surface area contributed by atoms with E-state index in [4.69, 9.17) is 0 Å². The van der Waals surface area contributed by atoms with E-state index in [0.29, 0.717) is 6.54 Å². The van der Waals surface area contributed by atoms with Crippen LogP contribution in [0.1, 0.15) is 28.8 Å². The lowest BCUT2D eigenvalue weighted by Gasteiger charge is -2.31. The molecule has 1 saturated heterocycles. The van der Waals surface area contributed by atoms with Crippen LogP contribution in [0.3, 0.4) is 0 Å². The number of hydrogen-bond acceptors (Lipinski definition) is 3. The Balaban J connectivity index is 1.56. The van der Waals surface area contributed by atoms with Crippen molar-refractivity contribution in [1.29, 1.82) is 0 Å². The third-order valence-electron chi connectivity index (χ3n) is 4.87. The smallest absolute Gasteiger partial charge is 0.253 e. The van der Waals surface area contributed by atoms with E-state index in [1.165, 1.54) is 5.56 Å². The normalized spacial score (nSPS) is 15.2. The quantitative estimate of drug-likeness (QED) is 0.911. The van der Waals surface area contributed by atoms with Crippen LogP contribution in [-0.2, 0) is 6.42 Å².